The second-order valence-electron chi connectivity index (χ2n) is 6.53. The molecule has 0 unspecified atom stereocenters. The minimum absolute atomic E-state index is 0.111. The van der Waals surface area contributed by atoms with E-state index in [-0.39, 0.29) is 37.8 Å². The van der Waals surface area contributed by atoms with Crippen LogP contribution >= 0.6 is 11.8 Å². The first kappa shape index (κ1) is 21.7. The van der Waals surface area contributed by atoms with Gasteiger partial charge in [0, 0.05) is 12.1 Å². The molecule has 0 N–H and O–H groups in total. The van der Waals surface area contributed by atoms with E-state index in [4.69, 9.17) is 9.15 Å². The highest BCUT2D eigenvalue weighted by Crippen LogP contribution is 2.41. The van der Waals surface area contributed by atoms with Crippen LogP contribution in [-0.2, 0) is 0 Å². The van der Waals surface area contributed by atoms with Crippen molar-refractivity contribution in [1.29, 1.82) is 0 Å². The van der Waals surface area contributed by atoms with Gasteiger partial charge in [0.2, 0.25) is 0 Å². The van der Waals surface area contributed by atoms with Crippen molar-refractivity contribution in [2.45, 2.75) is 9.79 Å². The zero-order valence-corrected chi connectivity index (χ0v) is 17.3. The normalized spacial score (nSPS) is 10.7. The van der Waals surface area contributed by atoms with E-state index in [1.807, 2.05) is 0 Å². The second-order valence-corrected chi connectivity index (χ2v) is 7.59. The van der Waals surface area contributed by atoms with Gasteiger partial charge in [-0.25, -0.2) is 9.59 Å². The molecule has 0 bridgehead atoms. The lowest BCUT2D eigenvalue weighted by Crippen LogP contribution is -2.14. The van der Waals surface area contributed by atoms with E-state index in [1.165, 1.54) is 48.5 Å². The van der Waals surface area contributed by atoms with Crippen LogP contribution in [0.15, 0.2) is 91.8 Å². The van der Waals surface area contributed by atoms with Crippen molar-refractivity contribution in [3.05, 3.63) is 109 Å². The van der Waals surface area contributed by atoms with Crippen LogP contribution in [0.4, 0.5) is 11.4 Å². The quantitative estimate of drug-likeness (QED) is 0.167. The molecule has 3 aromatic carbocycles. The third kappa shape index (κ3) is 4.29. The molecule has 0 saturated heterocycles. The van der Waals surface area contributed by atoms with Gasteiger partial charge >= 0.3 is 11.6 Å². The van der Waals surface area contributed by atoms with Gasteiger partial charge < -0.3 is 9.15 Å². The lowest BCUT2D eigenvalue weighted by molar-refractivity contribution is -0.387. The Kier molecular flexibility index (Phi) is 5.87. The van der Waals surface area contributed by atoms with Crippen molar-refractivity contribution in [1.82, 2.24) is 0 Å². The van der Waals surface area contributed by atoms with Crippen LogP contribution in [0.2, 0.25) is 0 Å². The van der Waals surface area contributed by atoms with E-state index in [9.17, 15) is 29.8 Å². The SMILES string of the molecule is O=C(Oc1c(Sc2ccccc2[N+](=O)[O-])c(=O)oc2ccccc12)c1ccccc1[N+](=O)[O-]. The lowest BCUT2D eigenvalue weighted by atomic mass is 10.2. The van der Waals surface area contributed by atoms with Crippen molar-refractivity contribution < 1.29 is 23.8 Å². The molecule has 10 nitrogen and oxygen atoms in total. The maximum atomic E-state index is 12.9. The molecule has 1 heterocycles. The number of hydrogen-bond acceptors (Lipinski definition) is 9. The smallest absolute Gasteiger partial charge is 0.354 e. The standard InChI is InChI=1S/C22H12N2O8S/c25-21(13-7-1-3-9-15(13)23(27)28)32-19-14-8-2-5-11-17(14)31-22(26)20(19)33-18-12-6-4-10-16(18)24(29)30/h1-12H. The number of rotatable bonds is 6. The number of para-hydroxylation sites is 3. The molecule has 4 aromatic rings. The van der Waals surface area contributed by atoms with Gasteiger partial charge in [-0.15, -0.1) is 0 Å². The van der Waals surface area contributed by atoms with E-state index >= 15 is 0 Å². The zero-order valence-electron chi connectivity index (χ0n) is 16.5. The zero-order chi connectivity index (χ0) is 23.5. The summed E-state index contributed by atoms with van der Waals surface area (Å²) in [5, 5.41) is 23.0. The molecule has 0 aliphatic heterocycles. The van der Waals surface area contributed by atoms with Crippen LogP contribution in [0.1, 0.15) is 10.4 Å². The van der Waals surface area contributed by atoms with Crippen LogP contribution < -0.4 is 10.4 Å². The molecule has 0 aliphatic carbocycles. The predicted octanol–water partition coefficient (Wildman–Crippen LogP) is 4.98. The van der Waals surface area contributed by atoms with Crippen LogP contribution in [0.3, 0.4) is 0 Å². The van der Waals surface area contributed by atoms with Crippen LogP contribution in [-0.4, -0.2) is 15.8 Å². The van der Waals surface area contributed by atoms with E-state index < -0.39 is 27.1 Å². The number of nitro groups is 2. The summed E-state index contributed by atoms with van der Waals surface area (Å²) in [6.07, 6.45) is 0. The third-order valence-electron chi connectivity index (χ3n) is 4.52. The Morgan fingerprint density at radius 3 is 2.18 bits per heavy atom. The van der Waals surface area contributed by atoms with Gasteiger partial charge in [0.1, 0.15) is 16.0 Å². The maximum Gasteiger partial charge on any atom is 0.354 e. The first-order valence-electron chi connectivity index (χ1n) is 9.29. The van der Waals surface area contributed by atoms with Crippen molar-refractivity contribution in [3.8, 4) is 5.75 Å². The highest BCUT2D eigenvalue weighted by molar-refractivity contribution is 7.99. The molecule has 0 aliphatic rings. The minimum Gasteiger partial charge on any atom is -0.422 e. The highest BCUT2D eigenvalue weighted by Gasteiger charge is 2.26. The molecule has 164 valence electrons. The minimum atomic E-state index is -1.07. The fourth-order valence-corrected chi connectivity index (χ4v) is 4.03. The van der Waals surface area contributed by atoms with Gasteiger partial charge in [-0.05, 0) is 24.3 Å². The number of nitro benzene ring substituents is 2. The molecule has 0 spiro atoms. The Balaban J connectivity index is 1.87. The third-order valence-corrected chi connectivity index (χ3v) is 5.64. The van der Waals surface area contributed by atoms with E-state index in [2.05, 4.69) is 0 Å². The van der Waals surface area contributed by atoms with E-state index in [0.29, 0.717) is 11.8 Å². The summed E-state index contributed by atoms with van der Waals surface area (Å²) < 4.78 is 10.8. The Bertz CT molecular complexity index is 1480. The molecular weight excluding hydrogens is 452 g/mol. The molecular formula is C22H12N2O8S. The van der Waals surface area contributed by atoms with Crippen LogP contribution in [0, 0.1) is 20.2 Å². The summed E-state index contributed by atoms with van der Waals surface area (Å²) in [6.45, 7) is 0. The number of benzene rings is 3. The molecule has 11 heteroatoms. The number of hydrogen-bond donors (Lipinski definition) is 0. The number of ether oxygens (including phenoxy) is 1. The maximum absolute atomic E-state index is 12.9. The first-order chi connectivity index (χ1) is 15.9. The highest BCUT2D eigenvalue weighted by atomic mass is 32.2. The summed E-state index contributed by atoms with van der Waals surface area (Å²) in [5.41, 5.74) is -1.82. The molecule has 1 aromatic heterocycles. The molecule has 0 amide bonds. The second kappa shape index (κ2) is 8.93. The van der Waals surface area contributed by atoms with Crippen LogP contribution in [0.5, 0.6) is 5.75 Å². The van der Waals surface area contributed by atoms with Gasteiger partial charge in [-0.1, -0.05) is 48.2 Å². The Labute approximate surface area is 188 Å². The molecule has 0 radical (unpaired) electrons. The van der Waals surface area contributed by atoms with Gasteiger partial charge in [0.25, 0.3) is 11.4 Å². The monoisotopic (exact) mass is 464 g/mol. The number of carbonyl (C=O) groups is 1. The largest absolute Gasteiger partial charge is 0.422 e. The summed E-state index contributed by atoms with van der Waals surface area (Å²) in [6, 6.07) is 17.2. The van der Waals surface area contributed by atoms with E-state index in [0.717, 1.165) is 6.07 Å². The van der Waals surface area contributed by atoms with Gasteiger partial charge in [0.05, 0.1) is 20.1 Å². The Morgan fingerprint density at radius 1 is 0.848 bits per heavy atom. The van der Waals surface area contributed by atoms with Gasteiger partial charge in [0.15, 0.2) is 5.75 Å². The molecule has 0 atom stereocenters. The molecule has 0 saturated carbocycles. The van der Waals surface area contributed by atoms with Gasteiger partial charge in [-0.2, -0.15) is 0 Å². The summed E-state index contributed by atoms with van der Waals surface area (Å²) >= 11 is 0.699. The fraction of sp³-hybridized carbons (Fsp3) is 0. The van der Waals surface area contributed by atoms with Crippen molar-refractivity contribution in [2.24, 2.45) is 0 Å². The number of nitrogens with zero attached hydrogens (tertiary/aromatic N) is 2. The Hall–Kier alpha value is -4.51. The average Bonchev–Trinajstić information content (AvgIpc) is 2.81. The molecule has 33 heavy (non-hydrogen) atoms. The fourth-order valence-electron chi connectivity index (χ4n) is 3.05. The van der Waals surface area contributed by atoms with E-state index in [1.54, 1.807) is 18.2 Å². The number of esters is 1. The summed E-state index contributed by atoms with van der Waals surface area (Å²) in [5.74, 6) is -1.28. The Morgan fingerprint density at radius 2 is 1.45 bits per heavy atom. The molecule has 4 rings (SSSR count). The number of carbonyl (C=O) groups excluding carboxylic acids is 1. The van der Waals surface area contributed by atoms with Crippen molar-refractivity contribution in [3.63, 3.8) is 0 Å². The predicted molar refractivity (Wildman–Crippen MR) is 118 cm³/mol. The van der Waals surface area contributed by atoms with Crippen molar-refractivity contribution in [2.75, 3.05) is 0 Å². The first-order valence-corrected chi connectivity index (χ1v) is 10.1. The van der Waals surface area contributed by atoms with Crippen LogP contribution in [0.25, 0.3) is 11.0 Å². The van der Waals surface area contributed by atoms with Gasteiger partial charge in [-0.3, -0.25) is 20.2 Å². The number of fused-ring (bicyclic) bond motifs is 1. The molecule has 0 fully saturated rings. The lowest BCUT2D eigenvalue weighted by Gasteiger charge is -2.12. The van der Waals surface area contributed by atoms with Crippen molar-refractivity contribution >= 4 is 40.1 Å². The average molecular weight is 464 g/mol. The summed E-state index contributed by atoms with van der Waals surface area (Å²) in [4.78, 5) is 47.0. The topological polar surface area (TPSA) is 143 Å². The summed E-state index contributed by atoms with van der Waals surface area (Å²) in [7, 11) is 0.